The van der Waals surface area contributed by atoms with E-state index in [1.807, 2.05) is 32.0 Å². The molecule has 0 amide bonds. The lowest BCUT2D eigenvalue weighted by Gasteiger charge is -2.12. The van der Waals surface area contributed by atoms with Crippen molar-refractivity contribution in [2.75, 3.05) is 0 Å². The van der Waals surface area contributed by atoms with Crippen LogP contribution in [0.4, 0.5) is 0 Å². The van der Waals surface area contributed by atoms with Crippen molar-refractivity contribution in [2.45, 2.75) is 26.2 Å². The minimum atomic E-state index is -0.902. The zero-order valence-electron chi connectivity index (χ0n) is 10.4. The predicted octanol–water partition coefficient (Wildman–Crippen LogP) is 2.24. The molecule has 0 saturated carbocycles. The van der Waals surface area contributed by atoms with Crippen LogP contribution in [0.5, 0.6) is 0 Å². The van der Waals surface area contributed by atoms with Gasteiger partial charge in [-0.25, -0.2) is 4.98 Å². The molecule has 0 bridgehead atoms. The predicted molar refractivity (Wildman–Crippen MR) is 67.2 cm³/mol. The summed E-state index contributed by atoms with van der Waals surface area (Å²) in [4.78, 5) is 15.6. The molecule has 2 aromatic rings. The first-order valence-corrected chi connectivity index (χ1v) is 5.90. The summed E-state index contributed by atoms with van der Waals surface area (Å²) in [7, 11) is 0. The molecule has 0 radical (unpaired) electrons. The monoisotopic (exact) mass is 245 g/mol. The highest BCUT2D eigenvalue weighted by Gasteiger charge is 2.24. The van der Waals surface area contributed by atoms with E-state index in [-0.39, 0.29) is 11.7 Å². The van der Waals surface area contributed by atoms with Crippen LogP contribution in [0.2, 0.25) is 0 Å². The number of para-hydroxylation sites is 1. The van der Waals surface area contributed by atoms with Crippen LogP contribution < -0.4 is 0 Å². The maximum Gasteiger partial charge on any atom is 0.314 e. The fraction of sp³-hybridized carbons (Fsp3) is 0.385. The summed E-state index contributed by atoms with van der Waals surface area (Å²) in [6, 6.07) is 7.30. The summed E-state index contributed by atoms with van der Waals surface area (Å²) < 4.78 is 0. The van der Waals surface area contributed by atoms with Crippen LogP contribution in [-0.4, -0.2) is 26.3 Å². The SMILES string of the molecule is CC(C)CC(C(=O)O)c1nnc2ccccc2n1. The standard InChI is InChI=1S/C13H15N3O2/c1-8(2)7-9(13(17)18)12-14-10-5-3-4-6-11(10)15-16-12/h3-6,8-9H,7H2,1-2H3,(H,17,18). The molecular weight excluding hydrogens is 230 g/mol. The summed E-state index contributed by atoms with van der Waals surface area (Å²) in [5.74, 6) is -1.04. The normalized spacial score (nSPS) is 12.8. The molecule has 0 fully saturated rings. The van der Waals surface area contributed by atoms with Crippen molar-refractivity contribution in [1.82, 2.24) is 15.2 Å². The average Bonchev–Trinajstić information content (AvgIpc) is 2.35. The van der Waals surface area contributed by atoms with Gasteiger partial charge >= 0.3 is 5.97 Å². The van der Waals surface area contributed by atoms with Gasteiger partial charge in [0.1, 0.15) is 11.4 Å². The van der Waals surface area contributed by atoms with Gasteiger partial charge in [0, 0.05) is 0 Å². The smallest absolute Gasteiger partial charge is 0.314 e. The number of carboxylic acid groups (broad SMARTS) is 1. The Bertz CT molecular complexity index is 569. The van der Waals surface area contributed by atoms with E-state index in [2.05, 4.69) is 15.2 Å². The topological polar surface area (TPSA) is 76.0 Å². The van der Waals surface area contributed by atoms with Crippen LogP contribution >= 0.6 is 0 Å². The molecule has 5 heteroatoms. The molecule has 1 unspecified atom stereocenters. The van der Waals surface area contributed by atoms with Gasteiger partial charge in [0.05, 0.1) is 5.52 Å². The number of fused-ring (bicyclic) bond motifs is 1. The van der Waals surface area contributed by atoms with Gasteiger partial charge in [-0.15, -0.1) is 10.2 Å². The van der Waals surface area contributed by atoms with Crippen LogP contribution in [-0.2, 0) is 4.79 Å². The zero-order valence-corrected chi connectivity index (χ0v) is 10.4. The van der Waals surface area contributed by atoms with E-state index in [1.165, 1.54) is 0 Å². The number of carbonyl (C=O) groups is 1. The summed E-state index contributed by atoms with van der Waals surface area (Å²) in [5.41, 5.74) is 1.35. The second kappa shape index (κ2) is 5.08. The Morgan fingerprint density at radius 2 is 1.89 bits per heavy atom. The van der Waals surface area contributed by atoms with Crippen molar-refractivity contribution in [3.05, 3.63) is 30.1 Å². The third kappa shape index (κ3) is 2.61. The third-order valence-corrected chi connectivity index (χ3v) is 2.69. The Kier molecular flexibility index (Phi) is 3.50. The summed E-state index contributed by atoms with van der Waals surface area (Å²) in [6.07, 6.45) is 0.509. The molecule has 1 N–H and O–H groups in total. The van der Waals surface area contributed by atoms with E-state index in [4.69, 9.17) is 0 Å². The van der Waals surface area contributed by atoms with Crippen molar-refractivity contribution in [3.8, 4) is 0 Å². The van der Waals surface area contributed by atoms with Gasteiger partial charge in [0.2, 0.25) is 0 Å². The first kappa shape index (κ1) is 12.4. The third-order valence-electron chi connectivity index (χ3n) is 2.69. The van der Waals surface area contributed by atoms with Gasteiger partial charge in [-0.3, -0.25) is 4.79 Å². The molecular formula is C13H15N3O2. The molecule has 0 aliphatic rings. The molecule has 1 aromatic heterocycles. The largest absolute Gasteiger partial charge is 0.481 e. The number of aliphatic carboxylic acids is 1. The molecule has 1 heterocycles. The number of aromatic nitrogens is 3. The van der Waals surface area contributed by atoms with Crippen LogP contribution in [0, 0.1) is 5.92 Å². The molecule has 5 nitrogen and oxygen atoms in total. The van der Waals surface area contributed by atoms with Crippen molar-refractivity contribution in [3.63, 3.8) is 0 Å². The van der Waals surface area contributed by atoms with E-state index < -0.39 is 11.9 Å². The second-order valence-corrected chi connectivity index (χ2v) is 4.68. The molecule has 0 aliphatic carbocycles. The van der Waals surface area contributed by atoms with Gasteiger partial charge in [-0.2, -0.15) is 0 Å². The Balaban J connectivity index is 2.41. The van der Waals surface area contributed by atoms with Crippen molar-refractivity contribution < 1.29 is 9.90 Å². The Labute approximate surface area is 105 Å². The van der Waals surface area contributed by atoms with Crippen molar-refractivity contribution in [2.24, 2.45) is 5.92 Å². The Morgan fingerprint density at radius 3 is 2.50 bits per heavy atom. The quantitative estimate of drug-likeness (QED) is 0.893. The van der Waals surface area contributed by atoms with E-state index in [9.17, 15) is 9.90 Å². The van der Waals surface area contributed by atoms with Gasteiger partial charge in [-0.05, 0) is 24.5 Å². The Morgan fingerprint density at radius 1 is 1.22 bits per heavy atom. The van der Waals surface area contributed by atoms with Gasteiger partial charge in [0.15, 0.2) is 5.82 Å². The molecule has 0 aliphatic heterocycles. The number of benzene rings is 1. The molecule has 94 valence electrons. The minimum absolute atomic E-state index is 0.265. The van der Waals surface area contributed by atoms with Gasteiger partial charge in [-0.1, -0.05) is 26.0 Å². The molecule has 0 saturated heterocycles. The minimum Gasteiger partial charge on any atom is -0.481 e. The van der Waals surface area contributed by atoms with E-state index in [1.54, 1.807) is 6.07 Å². The van der Waals surface area contributed by atoms with E-state index in [0.717, 1.165) is 0 Å². The average molecular weight is 245 g/mol. The summed E-state index contributed by atoms with van der Waals surface area (Å²) in [5, 5.41) is 17.2. The highest BCUT2D eigenvalue weighted by Crippen LogP contribution is 2.21. The molecule has 1 atom stereocenters. The molecule has 18 heavy (non-hydrogen) atoms. The summed E-state index contributed by atoms with van der Waals surface area (Å²) in [6.45, 7) is 3.95. The lowest BCUT2D eigenvalue weighted by molar-refractivity contribution is -0.139. The molecule has 0 spiro atoms. The maximum absolute atomic E-state index is 11.3. The molecule has 1 aromatic carbocycles. The number of rotatable bonds is 4. The highest BCUT2D eigenvalue weighted by atomic mass is 16.4. The van der Waals surface area contributed by atoms with Gasteiger partial charge < -0.3 is 5.11 Å². The fourth-order valence-electron chi connectivity index (χ4n) is 1.83. The Hall–Kier alpha value is -2.04. The van der Waals surface area contributed by atoms with Crippen molar-refractivity contribution >= 4 is 17.0 Å². The first-order valence-electron chi connectivity index (χ1n) is 5.90. The van der Waals surface area contributed by atoms with E-state index >= 15 is 0 Å². The fourth-order valence-corrected chi connectivity index (χ4v) is 1.83. The second-order valence-electron chi connectivity index (χ2n) is 4.68. The highest BCUT2D eigenvalue weighted by molar-refractivity contribution is 5.77. The number of nitrogens with zero attached hydrogens (tertiary/aromatic N) is 3. The molecule has 2 rings (SSSR count). The first-order chi connectivity index (χ1) is 8.58. The van der Waals surface area contributed by atoms with Gasteiger partial charge in [0.25, 0.3) is 0 Å². The van der Waals surface area contributed by atoms with Crippen LogP contribution in [0.15, 0.2) is 24.3 Å². The number of hydrogen-bond donors (Lipinski definition) is 1. The zero-order chi connectivity index (χ0) is 13.1. The van der Waals surface area contributed by atoms with Crippen LogP contribution in [0.25, 0.3) is 11.0 Å². The number of hydrogen-bond acceptors (Lipinski definition) is 4. The van der Waals surface area contributed by atoms with E-state index in [0.29, 0.717) is 17.5 Å². The van der Waals surface area contributed by atoms with Crippen LogP contribution in [0.1, 0.15) is 32.0 Å². The lowest BCUT2D eigenvalue weighted by atomic mass is 9.96. The lowest BCUT2D eigenvalue weighted by Crippen LogP contribution is -2.17. The van der Waals surface area contributed by atoms with Crippen LogP contribution in [0.3, 0.4) is 0 Å². The van der Waals surface area contributed by atoms with Crippen molar-refractivity contribution in [1.29, 1.82) is 0 Å². The maximum atomic E-state index is 11.3. The number of carboxylic acids is 1. The summed E-state index contributed by atoms with van der Waals surface area (Å²) >= 11 is 0.